The second-order valence-corrected chi connectivity index (χ2v) is 5.49. The van der Waals surface area contributed by atoms with Gasteiger partial charge in [-0.1, -0.05) is 24.3 Å². The maximum Gasteiger partial charge on any atom is 0.338 e. The van der Waals surface area contributed by atoms with Crippen LogP contribution in [0.25, 0.3) is 0 Å². The first-order valence-corrected chi connectivity index (χ1v) is 7.39. The van der Waals surface area contributed by atoms with Gasteiger partial charge in [0.1, 0.15) is 5.82 Å². The first-order chi connectivity index (χ1) is 11.4. The predicted molar refractivity (Wildman–Crippen MR) is 88.7 cm³/mol. The van der Waals surface area contributed by atoms with Crippen molar-refractivity contribution < 1.29 is 18.7 Å². The number of carbonyl (C=O) groups is 2. The number of esters is 1. The quantitative estimate of drug-likeness (QED) is 0.675. The Labute approximate surface area is 139 Å². The summed E-state index contributed by atoms with van der Waals surface area (Å²) in [7, 11) is 1.52. The molecule has 0 aliphatic rings. The Morgan fingerprint density at radius 1 is 1.21 bits per heavy atom. The number of ether oxygens (including phenoxy) is 1. The fourth-order valence-electron chi connectivity index (χ4n) is 2.06. The van der Waals surface area contributed by atoms with Crippen LogP contribution in [-0.2, 0) is 16.1 Å². The molecular formula is C18H19FN2O3. The molecule has 0 saturated heterocycles. The largest absolute Gasteiger partial charge is 0.452 e. The normalized spacial score (nSPS) is 10.3. The average Bonchev–Trinajstić information content (AvgIpc) is 2.56. The molecule has 0 aromatic heterocycles. The van der Waals surface area contributed by atoms with Crippen molar-refractivity contribution in [2.45, 2.75) is 13.5 Å². The third kappa shape index (κ3) is 4.32. The van der Waals surface area contributed by atoms with E-state index in [4.69, 9.17) is 10.5 Å². The van der Waals surface area contributed by atoms with Crippen LogP contribution in [0.4, 0.5) is 10.1 Å². The minimum Gasteiger partial charge on any atom is -0.452 e. The van der Waals surface area contributed by atoms with Crippen molar-refractivity contribution in [2.75, 3.05) is 19.4 Å². The van der Waals surface area contributed by atoms with Crippen LogP contribution in [0.15, 0.2) is 42.5 Å². The lowest BCUT2D eigenvalue weighted by Gasteiger charge is -2.17. The molecule has 126 valence electrons. The molecular weight excluding hydrogens is 311 g/mol. The molecule has 0 unspecified atom stereocenters. The van der Waals surface area contributed by atoms with E-state index in [0.29, 0.717) is 11.3 Å². The molecule has 24 heavy (non-hydrogen) atoms. The minimum atomic E-state index is -0.630. The number of nitrogens with two attached hydrogens (primary N) is 1. The smallest absolute Gasteiger partial charge is 0.338 e. The summed E-state index contributed by atoms with van der Waals surface area (Å²) in [4.78, 5) is 25.3. The molecule has 2 aromatic rings. The summed E-state index contributed by atoms with van der Waals surface area (Å²) >= 11 is 0. The summed E-state index contributed by atoms with van der Waals surface area (Å²) < 4.78 is 18.6. The maximum absolute atomic E-state index is 13.6. The standard InChI is InChI=1S/C18H19FN2O3/c1-12-7-8-13(9-16(12)20)18(23)24-11-17(22)21(2)10-14-5-3-4-6-15(14)19/h3-9H,10-11,20H2,1-2H3. The Balaban J connectivity index is 1.91. The number of nitrogen functional groups attached to an aromatic ring is 1. The summed E-state index contributed by atoms with van der Waals surface area (Å²) in [6.07, 6.45) is 0. The number of hydrogen-bond donors (Lipinski definition) is 1. The van der Waals surface area contributed by atoms with Gasteiger partial charge < -0.3 is 15.4 Å². The first-order valence-electron chi connectivity index (χ1n) is 7.39. The van der Waals surface area contributed by atoms with Gasteiger partial charge in [-0.05, 0) is 30.7 Å². The summed E-state index contributed by atoms with van der Waals surface area (Å²) in [6.45, 7) is 1.50. The van der Waals surface area contributed by atoms with E-state index in [2.05, 4.69) is 0 Å². The van der Waals surface area contributed by atoms with Crippen LogP contribution < -0.4 is 5.73 Å². The van der Waals surface area contributed by atoms with Gasteiger partial charge in [-0.2, -0.15) is 0 Å². The number of nitrogens with zero attached hydrogens (tertiary/aromatic N) is 1. The molecule has 1 amide bonds. The Morgan fingerprint density at radius 3 is 2.58 bits per heavy atom. The van der Waals surface area contributed by atoms with Gasteiger partial charge >= 0.3 is 5.97 Å². The van der Waals surface area contributed by atoms with Gasteiger partial charge in [-0.25, -0.2) is 9.18 Å². The highest BCUT2D eigenvalue weighted by molar-refractivity contribution is 5.92. The van der Waals surface area contributed by atoms with Crippen molar-refractivity contribution in [1.82, 2.24) is 4.90 Å². The lowest BCUT2D eigenvalue weighted by atomic mass is 10.1. The Hall–Kier alpha value is -2.89. The zero-order valence-corrected chi connectivity index (χ0v) is 13.6. The van der Waals surface area contributed by atoms with E-state index in [0.717, 1.165) is 5.56 Å². The Bertz CT molecular complexity index is 762. The zero-order valence-electron chi connectivity index (χ0n) is 13.6. The van der Waals surface area contributed by atoms with Crippen LogP contribution in [0, 0.1) is 12.7 Å². The van der Waals surface area contributed by atoms with Crippen molar-refractivity contribution in [3.05, 3.63) is 65.0 Å². The zero-order chi connectivity index (χ0) is 17.7. The van der Waals surface area contributed by atoms with E-state index in [1.807, 2.05) is 6.92 Å². The molecule has 2 aromatic carbocycles. The lowest BCUT2D eigenvalue weighted by Crippen LogP contribution is -2.31. The molecule has 0 fully saturated rings. The molecule has 2 N–H and O–H groups in total. The molecule has 0 radical (unpaired) electrons. The molecule has 0 heterocycles. The topological polar surface area (TPSA) is 72.6 Å². The van der Waals surface area contributed by atoms with Crippen LogP contribution >= 0.6 is 0 Å². The van der Waals surface area contributed by atoms with Gasteiger partial charge in [-0.15, -0.1) is 0 Å². The molecule has 2 rings (SSSR count). The van der Waals surface area contributed by atoms with Crippen molar-refractivity contribution in [1.29, 1.82) is 0 Å². The monoisotopic (exact) mass is 330 g/mol. The van der Waals surface area contributed by atoms with Gasteiger partial charge in [0.25, 0.3) is 5.91 Å². The van der Waals surface area contributed by atoms with E-state index in [1.165, 1.54) is 24.1 Å². The van der Waals surface area contributed by atoms with E-state index >= 15 is 0 Å². The van der Waals surface area contributed by atoms with Crippen LogP contribution in [0.5, 0.6) is 0 Å². The third-order valence-corrected chi connectivity index (χ3v) is 3.63. The number of amides is 1. The maximum atomic E-state index is 13.6. The highest BCUT2D eigenvalue weighted by Crippen LogP contribution is 2.14. The molecule has 6 heteroatoms. The number of rotatable bonds is 5. The van der Waals surface area contributed by atoms with Crippen molar-refractivity contribution in [2.24, 2.45) is 0 Å². The molecule has 0 atom stereocenters. The summed E-state index contributed by atoms with van der Waals surface area (Å²) in [5.74, 6) is -1.44. The number of likely N-dealkylation sites (N-methyl/N-ethyl adjacent to an activating group) is 1. The molecule has 5 nitrogen and oxygen atoms in total. The van der Waals surface area contributed by atoms with Crippen LogP contribution in [-0.4, -0.2) is 30.4 Å². The van der Waals surface area contributed by atoms with E-state index < -0.39 is 18.5 Å². The molecule has 0 bridgehead atoms. The number of halogens is 1. The van der Waals surface area contributed by atoms with Crippen LogP contribution in [0.2, 0.25) is 0 Å². The molecule has 0 aliphatic carbocycles. The van der Waals surface area contributed by atoms with Gasteiger partial charge in [0, 0.05) is 24.8 Å². The third-order valence-electron chi connectivity index (χ3n) is 3.63. The van der Waals surface area contributed by atoms with E-state index in [1.54, 1.807) is 30.3 Å². The second kappa shape index (κ2) is 7.59. The predicted octanol–water partition coefficient (Wildman–Crippen LogP) is 2.53. The Kier molecular flexibility index (Phi) is 5.52. The molecule has 0 saturated carbocycles. The fourth-order valence-corrected chi connectivity index (χ4v) is 2.06. The number of carbonyl (C=O) groups excluding carboxylic acids is 2. The van der Waals surface area contributed by atoms with Gasteiger partial charge in [0.2, 0.25) is 0 Å². The summed E-state index contributed by atoms with van der Waals surface area (Å²) in [6, 6.07) is 11.0. The average molecular weight is 330 g/mol. The number of anilines is 1. The Morgan fingerprint density at radius 2 is 1.92 bits per heavy atom. The van der Waals surface area contributed by atoms with Gasteiger partial charge in [0.05, 0.1) is 5.56 Å². The van der Waals surface area contributed by atoms with Crippen LogP contribution in [0.1, 0.15) is 21.5 Å². The summed E-state index contributed by atoms with van der Waals surface area (Å²) in [5, 5.41) is 0. The molecule has 0 spiro atoms. The van der Waals surface area contributed by atoms with Crippen molar-refractivity contribution in [3.8, 4) is 0 Å². The fraction of sp³-hybridized carbons (Fsp3) is 0.222. The first kappa shape index (κ1) is 17.5. The second-order valence-electron chi connectivity index (χ2n) is 5.49. The number of aryl methyl sites for hydroxylation is 1. The van der Waals surface area contributed by atoms with E-state index in [-0.39, 0.29) is 17.9 Å². The summed E-state index contributed by atoms with van der Waals surface area (Å²) in [5.41, 5.74) is 7.75. The molecule has 0 aliphatic heterocycles. The minimum absolute atomic E-state index is 0.0978. The lowest BCUT2D eigenvalue weighted by molar-refractivity contribution is -0.133. The van der Waals surface area contributed by atoms with Crippen molar-refractivity contribution >= 4 is 17.6 Å². The van der Waals surface area contributed by atoms with Gasteiger partial charge in [-0.3, -0.25) is 4.79 Å². The number of hydrogen-bond acceptors (Lipinski definition) is 4. The highest BCUT2D eigenvalue weighted by atomic mass is 19.1. The SMILES string of the molecule is Cc1ccc(C(=O)OCC(=O)N(C)Cc2ccccc2F)cc1N. The van der Waals surface area contributed by atoms with Gasteiger partial charge in [0.15, 0.2) is 6.61 Å². The van der Waals surface area contributed by atoms with Crippen LogP contribution in [0.3, 0.4) is 0 Å². The van der Waals surface area contributed by atoms with E-state index in [9.17, 15) is 14.0 Å². The number of benzene rings is 2. The van der Waals surface area contributed by atoms with Crippen molar-refractivity contribution in [3.63, 3.8) is 0 Å². The highest BCUT2D eigenvalue weighted by Gasteiger charge is 2.15.